The van der Waals surface area contributed by atoms with E-state index in [4.69, 9.17) is 5.84 Å². The molecule has 17 heavy (non-hydrogen) atoms. The molecule has 0 saturated carbocycles. The lowest BCUT2D eigenvalue weighted by Gasteiger charge is -2.21. The summed E-state index contributed by atoms with van der Waals surface area (Å²) in [6.07, 6.45) is 3.22. The zero-order chi connectivity index (χ0) is 12.8. The highest BCUT2D eigenvalue weighted by Crippen LogP contribution is 2.30. The summed E-state index contributed by atoms with van der Waals surface area (Å²) in [5.74, 6) is 5.90. The molecule has 0 radical (unpaired) electrons. The molecule has 1 aromatic rings. The first kappa shape index (κ1) is 14.6. The van der Waals surface area contributed by atoms with E-state index in [1.54, 1.807) is 6.07 Å². The van der Waals surface area contributed by atoms with Crippen LogP contribution in [0.25, 0.3) is 0 Å². The van der Waals surface area contributed by atoms with Gasteiger partial charge in [-0.1, -0.05) is 38.8 Å². The largest absolute Gasteiger partial charge is 0.271 e. The van der Waals surface area contributed by atoms with Gasteiger partial charge in [-0.3, -0.25) is 11.3 Å². The van der Waals surface area contributed by atoms with Gasteiger partial charge in [-0.15, -0.1) is 0 Å². The van der Waals surface area contributed by atoms with E-state index in [0.29, 0.717) is 10.4 Å². The fraction of sp³-hybridized carbons (Fsp3) is 0.538. The highest BCUT2D eigenvalue weighted by atomic mass is 79.9. The molecule has 0 fully saturated rings. The molecular formula is C13H20BrFN2. The van der Waals surface area contributed by atoms with Crippen LogP contribution in [0.15, 0.2) is 22.7 Å². The van der Waals surface area contributed by atoms with E-state index < -0.39 is 0 Å². The number of halogens is 2. The molecule has 2 unspecified atom stereocenters. The van der Waals surface area contributed by atoms with Crippen molar-refractivity contribution in [1.82, 2.24) is 5.43 Å². The predicted molar refractivity (Wildman–Crippen MR) is 72.9 cm³/mol. The van der Waals surface area contributed by atoms with E-state index >= 15 is 0 Å². The molecule has 0 bridgehead atoms. The Morgan fingerprint density at radius 1 is 1.47 bits per heavy atom. The molecule has 1 aromatic carbocycles. The number of hydrogen-bond acceptors (Lipinski definition) is 2. The first-order valence-electron chi connectivity index (χ1n) is 6.00. The molecule has 0 aromatic heterocycles. The summed E-state index contributed by atoms with van der Waals surface area (Å²) in [5.41, 5.74) is 3.66. The maximum absolute atomic E-state index is 13.4. The second-order valence-corrected chi connectivity index (χ2v) is 5.28. The van der Waals surface area contributed by atoms with Crippen LogP contribution in [0, 0.1) is 11.7 Å². The third-order valence-electron chi connectivity index (χ3n) is 2.98. The van der Waals surface area contributed by atoms with E-state index in [1.165, 1.54) is 6.07 Å². The van der Waals surface area contributed by atoms with E-state index in [-0.39, 0.29) is 11.9 Å². The van der Waals surface area contributed by atoms with Crippen LogP contribution in [0.4, 0.5) is 4.39 Å². The van der Waals surface area contributed by atoms with Crippen LogP contribution in [-0.2, 0) is 0 Å². The van der Waals surface area contributed by atoms with Gasteiger partial charge in [-0.25, -0.2) is 4.39 Å². The van der Waals surface area contributed by atoms with Crippen molar-refractivity contribution in [2.75, 3.05) is 0 Å². The fourth-order valence-electron chi connectivity index (χ4n) is 2.09. The molecule has 96 valence electrons. The van der Waals surface area contributed by atoms with Crippen molar-refractivity contribution in [2.45, 2.75) is 39.2 Å². The van der Waals surface area contributed by atoms with Crippen molar-refractivity contribution >= 4 is 15.9 Å². The van der Waals surface area contributed by atoms with Crippen molar-refractivity contribution in [3.63, 3.8) is 0 Å². The summed E-state index contributed by atoms with van der Waals surface area (Å²) in [6.45, 7) is 4.36. The molecule has 0 spiro atoms. The monoisotopic (exact) mass is 302 g/mol. The van der Waals surface area contributed by atoms with Crippen molar-refractivity contribution in [2.24, 2.45) is 11.8 Å². The summed E-state index contributed by atoms with van der Waals surface area (Å²) < 4.78 is 14.0. The standard InChI is InChI=1S/C13H20BrFN2/c1-3-5-9(2)8-12(17-16)10-6-4-7-11(15)13(10)14/h4,6-7,9,12,17H,3,5,8,16H2,1-2H3. The third kappa shape index (κ3) is 4.05. The first-order chi connectivity index (χ1) is 8.10. The van der Waals surface area contributed by atoms with Gasteiger partial charge in [0.2, 0.25) is 0 Å². The zero-order valence-electron chi connectivity index (χ0n) is 10.3. The van der Waals surface area contributed by atoms with Crippen molar-refractivity contribution < 1.29 is 4.39 Å². The summed E-state index contributed by atoms with van der Waals surface area (Å²) in [7, 11) is 0. The van der Waals surface area contributed by atoms with Gasteiger partial charge >= 0.3 is 0 Å². The topological polar surface area (TPSA) is 38.0 Å². The molecule has 0 saturated heterocycles. The van der Waals surface area contributed by atoms with Crippen LogP contribution in [0.5, 0.6) is 0 Å². The van der Waals surface area contributed by atoms with Crippen LogP contribution in [0.3, 0.4) is 0 Å². The second kappa shape index (κ2) is 7.09. The van der Waals surface area contributed by atoms with Gasteiger partial charge in [-0.05, 0) is 39.9 Å². The Hall–Kier alpha value is -0.450. The smallest absolute Gasteiger partial charge is 0.137 e. The Kier molecular flexibility index (Phi) is 6.09. The molecule has 4 heteroatoms. The molecule has 1 rings (SSSR count). The van der Waals surface area contributed by atoms with Crippen LogP contribution in [0.2, 0.25) is 0 Å². The van der Waals surface area contributed by atoms with Crippen LogP contribution >= 0.6 is 15.9 Å². The minimum Gasteiger partial charge on any atom is -0.271 e. The number of rotatable bonds is 6. The zero-order valence-corrected chi connectivity index (χ0v) is 11.9. The average molecular weight is 303 g/mol. The number of nitrogens with one attached hydrogen (secondary N) is 1. The highest BCUT2D eigenvalue weighted by molar-refractivity contribution is 9.10. The van der Waals surface area contributed by atoms with Crippen molar-refractivity contribution in [1.29, 1.82) is 0 Å². The molecule has 2 nitrogen and oxygen atoms in total. The minimum atomic E-state index is -0.245. The fourth-order valence-corrected chi connectivity index (χ4v) is 2.63. The Labute approximate surface area is 111 Å². The first-order valence-corrected chi connectivity index (χ1v) is 6.79. The number of benzene rings is 1. The maximum atomic E-state index is 13.4. The Bertz CT molecular complexity index is 357. The third-order valence-corrected chi connectivity index (χ3v) is 3.81. The van der Waals surface area contributed by atoms with Gasteiger partial charge in [0.15, 0.2) is 0 Å². The van der Waals surface area contributed by atoms with Gasteiger partial charge in [0, 0.05) is 6.04 Å². The number of hydrazine groups is 1. The van der Waals surface area contributed by atoms with E-state index in [9.17, 15) is 4.39 Å². The SMILES string of the molecule is CCCC(C)CC(NN)c1cccc(F)c1Br. The quantitative estimate of drug-likeness (QED) is 0.617. The Morgan fingerprint density at radius 2 is 2.18 bits per heavy atom. The summed E-state index contributed by atoms with van der Waals surface area (Å²) in [4.78, 5) is 0. The molecule has 0 aliphatic heterocycles. The van der Waals surface area contributed by atoms with E-state index in [1.807, 2.05) is 6.07 Å². The summed E-state index contributed by atoms with van der Waals surface area (Å²) >= 11 is 3.28. The van der Waals surface area contributed by atoms with Gasteiger partial charge in [0.1, 0.15) is 5.82 Å². The molecule has 3 N–H and O–H groups in total. The lowest BCUT2D eigenvalue weighted by Crippen LogP contribution is -2.29. The van der Waals surface area contributed by atoms with E-state index in [0.717, 1.165) is 24.8 Å². The Balaban J connectivity index is 2.82. The van der Waals surface area contributed by atoms with Gasteiger partial charge in [-0.2, -0.15) is 0 Å². The summed E-state index contributed by atoms with van der Waals surface area (Å²) in [5, 5.41) is 0. The van der Waals surface area contributed by atoms with Crippen LogP contribution < -0.4 is 11.3 Å². The van der Waals surface area contributed by atoms with Crippen LogP contribution in [0.1, 0.15) is 44.7 Å². The maximum Gasteiger partial charge on any atom is 0.137 e. The lowest BCUT2D eigenvalue weighted by atomic mass is 9.93. The Morgan fingerprint density at radius 3 is 2.76 bits per heavy atom. The molecule has 0 heterocycles. The number of nitrogens with two attached hydrogens (primary N) is 1. The lowest BCUT2D eigenvalue weighted by molar-refractivity contribution is 0.392. The second-order valence-electron chi connectivity index (χ2n) is 4.49. The van der Waals surface area contributed by atoms with Gasteiger partial charge in [0.25, 0.3) is 0 Å². The van der Waals surface area contributed by atoms with Crippen molar-refractivity contribution in [3.8, 4) is 0 Å². The predicted octanol–water partition coefficient (Wildman–Crippen LogP) is 3.92. The molecule has 0 amide bonds. The average Bonchev–Trinajstić information content (AvgIpc) is 2.30. The van der Waals surface area contributed by atoms with Crippen molar-refractivity contribution in [3.05, 3.63) is 34.1 Å². The highest BCUT2D eigenvalue weighted by Gasteiger charge is 2.17. The molecule has 0 aliphatic carbocycles. The minimum absolute atomic E-state index is 0.0124. The van der Waals surface area contributed by atoms with Gasteiger partial charge < -0.3 is 0 Å². The van der Waals surface area contributed by atoms with Gasteiger partial charge in [0.05, 0.1) is 4.47 Å². The number of hydrogen-bond donors (Lipinski definition) is 2. The normalized spacial score (nSPS) is 14.6. The molecular weight excluding hydrogens is 283 g/mol. The molecule has 2 atom stereocenters. The molecule has 0 aliphatic rings. The van der Waals surface area contributed by atoms with E-state index in [2.05, 4.69) is 35.2 Å². The summed E-state index contributed by atoms with van der Waals surface area (Å²) in [6, 6.07) is 5.04. The van der Waals surface area contributed by atoms with Crippen LogP contribution in [-0.4, -0.2) is 0 Å².